The van der Waals surface area contributed by atoms with Crippen molar-refractivity contribution in [3.8, 4) is 0 Å². The Morgan fingerprint density at radius 1 is 1.23 bits per heavy atom. The van der Waals surface area contributed by atoms with Crippen molar-refractivity contribution < 1.29 is 14.3 Å². The standard InChI is InChI=1S/C20H23N3O3/c1-2-26-20(25)23-11-9-17-16(14-23)12-21-13-18(17)19(24)22-10-8-15-6-4-3-5-7-15/h3-7,12-13H,2,8-11,14H2,1H3,(H,22,24). The topological polar surface area (TPSA) is 71.5 Å². The van der Waals surface area contributed by atoms with Crippen LogP contribution in [0.3, 0.4) is 0 Å². The van der Waals surface area contributed by atoms with E-state index in [4.69, 9.17) is 4.74 Å². The molecule has 0 unspecified atom stereocenters. The minimum atomic E-state index is -0.323. The van der Waals surface area contributed by atoms with Crippen molar-refractivity contribution >= 4 is 12.0 Å². The number of hydrogen-bond donors (Lipinski definition) is 1. The predicted molar refractivity (Wildman–Crippen MR) is 97.9 cm³/mol. The first-order valence-electron chi connectivity index (χ1n) is 8.88. The maximum Gasteiger partial charge on any atom is 0.410 e. The first-order chi connectivity index (χ1) is 12.7. The number of hydrogen-bond acceptors (Lipinski definition) is 4. The van der Waals surface area contributed by atoms with Crippen LogP contribution in [0.2, 0.25) is 0 Å². The predicted octanol–water partition coefficient (Wildman–Crippen LogP) is 2.57. The van der Waals surface area contributed by atoms with Crippen molar-refractivity contribution in [2.75, 3.05) is 19.7 Å². The second-order valence-electron chi connectivity index (χ2n) is 6.19. The number of rotatable bonds is 5. The minimum Gasteiger partial charge on any atom is -0.450 e. The van der Waals surface area contributed by atoms with E-state index in [-0.39, 0.29) is 12.0 Å². The molecule has 3 rings (SSSR count). The lowest BCUT2D eigenvalue weighted by Gasteiger charge is -2.28. The Balaban J connectivity index is 1.63. The highest BCUT2D eigenvalue weighted by atomic mass is 16.6. The molecule has 1 aromatic heterocycles. The Morgan fingerprint density at radius 2 is 2.04 bits per heavy atom. The van der Waals surface area contributed by atoms with Gasteiger partial charge in [0.05, 0.1) is 18.7 Å². The summed E-state index contributed by atoms with van der Waals surface area (Å²) in [5.41, 5.74) is 3.66. The zero-order valence-corrected chi connectivity index (χ0v) is 14.9. The zero-order chi connectivity index (χ0) is 18.4. The van der Waals surface area contributed by atoms with Crippen LogP contribution in [0, 0.1) is 0 Å². The molecule has 6 nitrogen and oxygen atoms in total. The van der Waals surface area contributed by atoms with Gasteiger partial charge in [-0.25, -0.2) is 4.79 Å². The van der Waals surface area contributed by atoms with E-state index in [9.17, 15) is 9.59 Å². The van der Waals surface area contributed by atoms with Gasteiger partial charge < -0.3 is 15.0 Å². The van der Waals surface area contributed by atoms with Gasteiger partial charge in [-0.05, 0) is 36.5 Å². The van der Waals surface area contributed by atoms with E-state index in [0.29, 0.717) is 38.2 Å². The van der Waals surface area contributed by atoms with Gasteiger partial charge in [-0.1, -0.05) is 30.3 Å². The fourth-order valence-electron chi connectivity index (χ4n) is 3.12. The Morgan fingerprint density at radius 3 is 2.81 bits per heavy atom. The lowest BCUT2D eigenvalue weighted by Crippen LogP contribution is -2.37. The Labute approximate surface area is 153 Å². The summed E-state index contributed by atoms with van der Waals surface area (Å²) in [6.45, 7) is 3.67. The number of amides is 2. The van der Waals surface area contributed by atoms with E-state index in [1.807, 2.05) is 30.3 Å². The molecule has 2 aromatic rings. The third-order valence-corrected chi connectivity index (χ3v) is 4.45. The molecule has 2 heterocycles. The first-order valence-corrected chi connectivity index (χ1v) is 8.88. The maximum absolute atomic E-state index is 12.6. The molecule has 0 aliphatic carbocycles. The molecule has 1 aliphatic heterocycles. The summed E-state index contributed by atoms with van der Waals surface area (Å²) < 4.78 is 5.06. The van der Waals surface area contributed by atoms with Crippen molar-refractivity contribution in [3.05, 3.63) is 65.0 Å². The molecular formula is C20H23N3O3. The Hall–Kier alpha value is -2.89. The van der Waals surface area contributed by atoms with Gasteiger partial charge >= 0.3 is 6.09 Å². The summed E-state index contributed by atoms with van der Waals surface area (Å²) in [6, 6.07) is 10.0. The summed E-state index contributed by atoms with van der Waals surface area (Å²) >= 11 is 0. The molecule has 0 bridgehead atoms. The van der Waals surface area contributed by atoms with Crippen molar-refractivity contribution in [3.63, 3.8) is 0 Å². The average Bonchev–Trinajstić information content (AvgIpc) is 2.68. The first kappa shape index (κ1) is 17.9. The van der Waals surface area contributed by atoms with Gasteiger partial charge in [0.1, 0.15) is 0 Å². The third kappa shape index (κ3) is 4.20. The Kier molecular flexibility index (Phi) is 5.84. The van der Waals surface area contributed by atoms with Crippen LogP contribution in [0.5, 0.6) is 0 Å². The van der Waals surface area contributed by atoms with Crippen molar-refractivity contribution in [1.82, 2.24) is 15.2 Å². The van der Waals surface area contributed by atoms with E-state index in [2.05, 4.69) is 10.3 Å². The lowest BCUT2D eigenvalue weighted by atomic mass is 9.97. The molecule has 1 N–H and O–H groups in total. The molecule has 26 heavy (non-hydrogen) atoms. The van der Waals surface area contributed by atoms with Gasteiger partial charge in [-0.3, -0.25) is 9.78 Å². The quantitative estimate of drug-likeness (QED) is 0.897. The van der Waals surface area contributed by atoms with Crippen LogP contribution in [0.1, 0.15) is 34.0 Å². The van der Waals surface area contributed by atoms with Gasteiger partial charge in [0.2, 0.25) is 0 Å². The molecule has 0 fully saturated rings. The molecular weight excluding hydrogens is 330 g/mol. The summed E-state index contributed by atoms with van der Waals surface area (Å²) in [5.74, 6) is -0.116. The number of nitrogens with one attached hydrogen (secondary N) is 1. The number of benzene rings is 1. The summed E-state index contributed by atoms with van der Waals surface area (Å²) in [5, 5.41) is 2.97. The second kappa shape index (κ2) is 8.47. The van der Waals surface area contributed by atoms with Crippen LogP contribution in [-0.2, 0) is 24.1 Å². The van der Waals surface area contributed by atoms with Crippen LogP contribution in [0.25, 0.3) is 0 Å². The molecule has 1 aromatic carbocycles. The SMILES string of the molecule is CCOC(=O)N1CCc2c(cncc2C(=O)NCCc2ccccc2)C1. The maximum atomic E-state index is 12.6. The smallest absolute Gasteiger partial charge is 0.410 e. The average molecular weight is 353 g/mol. The summed E-state index contributed by atoms with van der Waals surface area (Å²) in [7, 11) is 0. The number of pyridine rings is 1. The fourth-order valence-corrected chi connectivity index (χ4v) is 3.12. The summed E-state index contributed by atoms with van der Waals surface area (Å²) in [4.78, 5) is 30.3. The van der Waals surface area contributed by atoms with Gasteiger partial charge in [-0.2, -0.15) is 0 Å². The molecule has 0 spiro atoms. The van der Waals surface area contributed by atoms with Crippen molar-refractivity contribution in [2.45, 2.75) is 26.3 Å². The van der Waals surface area contributed by atoms with E-state index >= 15 is 0 Å². The van der Waals surface area contributed by atoms with Gasteiger partial charge in [0.25, 0.3) is 5.91 Å². The highest BCUT2D eigenvalue weighted by Crippen LogP contribution is 2.22. The Bertz CT molecular complexity index is 777. The van der Waals surface area contributed by atoms with Crippen molar-refractivity contribution in [2.24, 2.45) is 0 Å². The highest BCUT2D eigenvalue weighted by Gasteiger charge is 2.25. The van der Waals surface area contributed by atoms with Crippen LogP contribution in [0.15, 0.2) is 42.7 Å². The molecule has 0 saturated heterocycles. The van der Waals surface area contributed by atoms with Gasteiger partial charge in [0.15, 0.2) is 0 Å². The van der Waals surface area contributed by atoms with Gasteiger partial charge in [0, 0.05) is 25.5 Å². The number of carbonyl (C=O) groups is 2. The zero-order valence-electron chi connectivity index (χ0n) is 14.9. The van der Waals surface area contributed by atoms with E-state index in [1.165, 1.54) is 5.56 Å². The largest absolute Gasteiger partial charge is 0.450 e. The number of ether oxygens (including phenoxy) is 1. The molecule has 2 amide bonds. The van der Waals surface area contributed by atoms with Crippen LogP contribution < -0.4 is 5.32 Å². The van der Waals surface area contributed by atoms with Crippen LogP contribution in [-0.4, -0.2) is 41.6 Å². The second-order valence-corrected chi connectivity index (χ2v) is 6.19. The van der Waals surface area contributed by atoms with E-state index in [1.54, 1.807) is 24.2 Å². The molecule has 0 saturated carbocycles. The van der Waals surface area contributed by atoms with Crippen molar-refractivity contribution in [1.29, 1.82) is 0 Å². The van der Waals surface area contributed by atoms with Crippen LogP contribution >= 0.6 is 0 Å². The highest BCUT2D eigenvalue weighted by molar-refractivity contribution is 5.95. The van der Waals surface area contributed by atoms with E-state index < -0.39 is 0 Å². The minimum absolute atomic E-state index is 0.116. The number of aromatic nitrogens is 1. The molecule has 6 heteroatoms. The molecule has 1 aliphatic rings. The van der Waals surface area contributed by atoms with Crippen LogP contribution in [0.4, 0.5) is 4.79 Å². The normalized spacial score (nSPS) is 13.0. The van der Waals surface area contributed by atoms with Gasteiger partial charge in [-0.15, -0.1) is 0 Å². The lowest BCUT2D eigenvalue weighted by molar-refractivity contribution is 0.0950. The molecule has 0 radical (unpaired) electrons. The number of carbonyl (C=O) groups excluding carboxylic acids is 2. The van der Waals surface area contributed by atoms with E-state index in [0.717, 1.165) is 17.5 Å². The fraction of sp³-hybridized carbons (Fsp3) is 0.350. The molecule has 0 atom stereocenters. The summed E-state index contributed by atoms with van der Waals surface area (Å²) in [6.07, 6.45) is 4.41. The monoisotopic (exact) mass is 353 g/mol. The number of fused-ring (bicyclic) bond motifs is 1. The molecule has 136 valence electrons. The third-order valence-electron chi connectivity index (χ3n) is 4.45. The number of nitrogens with zero attached hydrogens (tertiary/aromatic N) is 2.